The van der Waals surface area contributed by atoms with Crippen molar-refractivity contribution in [3.05, 3.63) is 40.3 Å². The fourth-order valence-electron chi connectivity index (χ4n) is 6.65. The molecule has 6 rings (SSSR count). The van der Waals surface area contributed by atoms with Crippen molar-refractivity contribution < 1.29 is 9.84 Å². The predicted octanol–water partition coefficient (Wildman–Crippen LogP) is 4.63. The quantitative estimate of drug-likeness (QED) is 0.440. The third-order valence-corrected chi connectivity index (χ3v) is 9.09. The molecule has 1 aromatic carbocycles. The summed E-state index contributed by atoms with van der Waals surface area (Å²) in [6, 6.07) is 6.63. The lowest BCUT2D eigenvalue weighted by Gasteiger charge is -2.47. The van der Waals surface area contributed by atoms with Crippen molar-refractivity contribution in [3.8, 4) is 0 Å². The van der Waals surface area contributed by atoms with Crippen LogP contribution in [0.5, 0.6) is 0 Å². The minimum Gasteiger partial charge on any atom is -0.393 e. The molecule has 0 amide bonds. The number of ether oxygens (including phenoxy) is 1. The first-order valence-electron chi connectivity index (χ1n) is 14.5. The van der Waals surface area contributed by atoms with Crippen molar-refractivity contribution >= 4 is 27.8 Å². The van der Waals surface area contributed by atoms with Gasteiger partial charge in [0.25, 0.3) is 5.56 Å². The van der Waals surface area contributed by atoms with Gasteiger partial charge in [0.1, 0.15) is 5.65 Å². The lowest BCUT2D eigenvalue weighted by molar-refractivity contribution is -0.140. The fraction of sp³-hybridized carbons (Fsp3) is 0.633. The maximum absolute atomic E-state index is 14.1. The Kier molecular flexibility index (Phi) is 7.14. The summed E-state index contributed by atoms with van der Waals surface area (Å²) < 4.78 is 7.39. The van der Waals surface area contributed by atoms with Gasteiger partial charge in [-0.05, 0) is 82.0 Å². The molecule has 8 heteroatoms. The van der Waals surface area contributed by atoms with E-state index in [9.17, 15) is 9.90 Å². The average Bonchev–Trinajstić information content (AvgIpc) is 2.89. The molecular formula is C30H41N5O3. The number of aliphatic hydroxyl groups excluding tert-OH is 1. The molecule has 3 fully saturated rings. The summed E-state index contributed by atoms with van der Waals surface area (Å²) in [7, 11) is 0. The number of fused-ring (bicyclic) bond motifs is 3. The predicted molar refractivity (Wildman–Crippen MR) is 151 cm³/mol. The number of aromatic nitrogens is 3. The number of piperidine rings is 1. The van der Waals surface area contributed by atoms with Crippen LogP contribution in [0.4, 0.5) is 5.95 Å². The van der Waals surface area contributed by atoms with Gasteiger partial charge in [-0.2, -0.15) is 4.98 Å². The molecule has 2 aromatic heterocycles. The van der Waals surface area contributed by atoms with E-state index in [-0.39, 0.29) is 23.7 Å². The van der Waals surface area contributed by atoms with Crippen molar-refractivity contribution in [1.29, 1.82) is 0 Å². The van der Waals surface area contributed by atoms with Crippen LogP contribution in [0.25, 0.3) is 21.8 Å². The van der Waals surface area contributed by atoms with Crippen LogP contribution in [-0.4, -0.2) is 63.0 Å². The van der Waals surface area contributed by atoms with Gasteiger partial charge in [0, 0.05) is 41.0 Å². The molecule has 1 atom stereocenters. The Balaban J connectivity index is 1.37. The number of benzene rings is 1. The largest absolute Gasteiger partial charge is 0.393 e. The highest BCUT2D eigenvalue weighted by atomic mass is 16.5. The van der Waals surface area contributed by atoms with E-state index in [1.165, 1.54) is 18.4 Å². The monoisotopic (exact) mass is 519 g/mol. The standard InChI is InChI=1S/C30H41N5O3/c1-3-4-20(2)32-29-31-16-26-24-10-5-21(17-34-13-11-30(12-14-34)18-38-19-30)15-25(24)28(37)35(27(26)33-29)22-6-8-23(36)9-7-22/h5,10,15-16,20,22-23,36H,3-4,6-9,11-14,17-19H2,1-2H3,(H,31,32,33)/t20-,22-,23-/m0/s1. The number of hydrogen-bond donors (Lipinski definition) is 2. The van der Waals surface area contributed by atoms with Crippen molar-refractivity contribution in [2.75, 3.05) is 31.6 Å². The van der Waals surface area contributed by atoms with Gasteiger partial charge in [-0.25, -0.2) is 4.98 Å². The summed E-state index contributed by atoms with van der Waals surface area (Å²) >= 11 is 0. The molecule has 1 saturated carbocycles. The Morgan fingerprint density at radius 2 is 1.89 bits per heavy atom. The van der Waals surface area contributed by atoms with Gasteiger partial charge in [0.05, 0.1) is 19.3 Å². The highest BCUT2D eigenvalue weighted by molar-refractivity contribution is 6.04. The molecular weight excluding hydrogens is 478 g/mol. The minimum atomic E-state index is -0.280. The molecule has 4 heterocycles. The molecule has 8 nitrogen and oxygen atoms in total. The van der Waals surface area contributed by atoms with Crippen LogP contribution < -0.4 is 10.9 Å². The first kappa shape index (κ1) is 25.7. The molecule has 38 heavy (non-hydrogen) atoms. The normalized spacial score (nSPS) is 24.5. The summed E-state index contributed by atoms with van der Waals surface area (Å²) in [5.41, 5.74) is 2.31. The third kappa shape index (κ3) is 4.94. The highest BCUT2D eigenvalue weighted by Gasteiger charge is 2.41. The molecule has 2 N–H and O–H groups in total. The highest BCUT2D eigenvalue weighted by Crippen LogP contribution is 2.39. The summed E-state index contributed by atoms with van der Waals surface area (Å²) in [5.74, 6) is 0.568. The van der Waals surface area contributed by atoms with Gasteiger partial charge in [-0.15, -0.1) is 0 Å². The minimum absolute atomic E-state index is 0.0196. The zero-order valence-electron chi connectivity index (χ0n) is 22.8. The molecule has 0 unspecified atom stereocenters. The van der Waals surface area contributed by atoms with Gasteiger partial charge in [0.15, 0.2) is 0 Å². The number of rotatable bonds is 7. The number of likely N-dealkylation sites (tertiary alicyclic amines) is 1. The maximum Gasteiger partial charge on any atom is 0.260 e. The molecule has 0 bridgehead atoms. The Morgan fingerprint density at radius 3 is 2.58 bits per heavy atom. The molecule has 1 aliphatic carbocycles. The van der Waals surface area contributed by atoms with E-state index in [2.05, 4.69) is 47.2 Å². The second-order valence-corrected chi connectivity index (χ2v) is 12.1. The topological polar surface area (TPSA) is 92.5 Å². The van der Waals surface area contributed by atoms with E-state index in [4.69, 9.17) is 9.72 Å². The van der Waals surface area contributed by atoms with E-state index in [1.54, 1.807) is 0 Å². The van der Waals surface area contributed by atoms with E-state index in [0.29, 0.717) is 29.9 Å². The first-order valence-corrected chi connectivity index (χ1v) is 14.5. The Morgan fingerprint density at radius 1 is 1.13 bits per heavy atom. The third-order valence-electron chi connectivity index (χ3n) is 9.09. The van der Waals surface area contributed by atoms with Crippen LogP contribution >= 0.6 is 0 Å². The maximum atomic E-state index is 14.1. The number of aliphatic hydroxyl groups is 1. The second kappa shape index (κ2) is 10.5. The lowest BCUT2D eigenvalue weighted by atomic mass is 9.77. The van der Waals surface area contributed by atoms with Crippen LogP contribution in [0, 0.1) is 5.41 Å². The SMILES string of the molecule is CCC[C@H](C)Nc1ncc2c3ccc(CN4CCC5(CC4)COC5)cc3c(=O)n([C@H]3CC[C@H](O)CC3)c2n1. The van der Waals surface area contributed by atoms with Crippen LogP contribution in [0.3, 0.4) is 0 Å². The molecule has 204 valence electrons. The fourth-order valence-corrected chi connectivity index (χ4v) is 6.65. The smallest absolute Gasteiger partial charge is 0.260 e. The van der Waals surface area contributed by atoms with Crippen molar-refractivity contribution in [3.63, 3.8) is 0 Å². The zero-order chi connectivity index (χ0) is 26.3. The molecule has 3 aromatic rings. The number of pyridine rings is 1. The number of nitrogens with one attached hydrogen (secondary N) is 1. The molecule has 2 aliphatic heterocycles. The van der Waals surface area contributed by atoms with Gasteiger partial charge in [-0.1, -0.05) is 25.5 Å². The summed E-state index contributed by atoms with van der Waals surface area (Å²) in [6.07, 6.45) is 9.06. The van der Waals surface area contributed by atoms with E-state index < -0.39 is 0 Å². The van der Waals surface area contributed by atoms with Crippen LogP contribution in [0.15, 0.2) is 29.2 Å². The van der Waals surface area contributed by atoms with Crippen molar-refractivity contribution in [1.82, 2.24) is 19.4 Å². The van der Waals surface area contributed by atoms with E-state index in [0.717, 1.165) is 74.7 Å². The summed E-state index contributed by atoms with van der Waals surface area (Å²) in [4.78, 5) is 26.2. The van der Waals surface area contributed by atoms with Crippen LogP contribution in [-0.2, 0) is 11.3 Å². The molecule has 3 aliphatic rings. The zero-order valence-corrected chi connectivity index (χ0v) is 22.8. The summed E-state index contributed by atoms with van der Waals surface area (Å²) in [6.45, 7) is 9.14. The number of hydrogen-bond acceptors (Lipinski definition) is 7. The van der Waals surface area contributed by atoms with Gasteiger partial charge >= 0.3 is 0 Å². The average molecular weight is 520 g/mol. The van der Waals surface area contributed by atoms with Crippen molar-refractivity contribution in [2.24, 2.45) is 5.41 Å². The van der Waals surface area contributed by atoms with Gasteiger partial charge < -0.3 is 15.2 Å². The van der Waals surface area contributed by atoms with Crippen LogP contribution in [0.1, 0.15) is 76.8 Å². The molecule has 2 saturated heterocycles. The lowest BCUT2D eigenvalue weighted by Crippen LogP contribution is -2.50. The summed E-state index contributed by atoms with van der Waals surface area (Å²) in [5, 5.41) is 16.1. The van der Waals surface area contributed by atoms with E-state index in [1.807, 2.05) is 10.8 Å². The Labute approximate surface area is 224 Å². The Hall–Kier alpha value is -2.55. The van der Waals surface area contributed by atoms with Crippen LogP contribution in [0.2, 0.25) is 0 Å². The van der Waals surface area contributed by atoms with Gasteiger partial charge in [-0.3, -0.25) is 14.3 Å². The number of nitrogens with zero attached hydrogens (tertiary/aromatic N) is 4. The van der Waals surface area contributed by atoms with E-state index >= 15 is 0 Å². The van der Waals surface area contributed by atoms with Gasteiger partial charge in [0.2, 0.25) is 5.95 Å². The molecule has 0 radical (unpaired) electrons. The number of anilines is 1. The van der Waals surface area contributed by atoms with Crippen molar-refractivity contribution in [2.45, 2.75) is 89.9 Å². The molecule has 1 spiro atoms. The second-order valence-electron chi connectivity index (χ2n) is 12.1. The Bertz CT molecular complexity index is 1350. The first-order chi connectivity index (χ1) is 18.4.